The summed E-state index contributed by atoms with van der Waals surface area (Å²) in [6, 6.07) is 32.5. The van der Waals surface area contributed by atoms with Gasteiger partial charge in [-0.1, -0.05) is 91.0 Å². The number of benzene rings is 6. The van der Waals surface area contributed by atoms with E-state index in [1.807, 2.05) is 93.6 Å². The number of carbonyl (C=O) groups excluding carboxylic acids is 3. The quantitative estimate of drug-likeness (QED) is 0.289. The van der Waals surface area contributed by atoms with Crippen LogP contribution in [-0.2, 0) is 0 Å². The first-order chi connectivity index (χ1) is 20.0. The van der Waals surface area contributed by atoms with Crippen molar-refractivity contribution in [3.05, 3.63) is 143 Å². The Kier molecular flexibility index (Phi) is 10.8. The molecule has 0 unspecified atom stereocenters. The summed E-state index contributed by atoms with van der Waals surface area (Å²) in [6.07, 6.45) is 0. The minimum Gasteiger partial charge on any atom is -0.545 e. The molecule has 7 heteroatoms. The van der Waals surface area contributed by atoms with Gasteiger partial charge in [-0.2, -0.15) is 0 Å². The molecule has 43 heavy (non-hydrogen) atoms. The Labute approximate surface area is 260 Å². The monoisotopic (exact) mass is 582 g/mol. The molecule has 0 N–H and O–H groups in total. The maximum absolute atomic E-state index is 10.6. The third kappa shape index (κ3) is 7.87. The zero-order valence-corrected chi connectivity index (χ0v) is 25.1. The Hall–Kier alpha value is -4.96. The third-order valence-corrected chi connectivity index (χ3v) is 7.00. The first kappa shape index (κ1) is 32.6. The first-order valence-electron chi connectivity index (χ1n) is 13.2. The van der Waals surface area contributed by atoms with Crippen molar-refractivity contribution in [2.24, 2.45) is 0 Å². The van der Waals surface area contributed by atoms with Crippen LogP contribution in [0.2, 0.25) is 0 Å². The van der Waals surface area contributed by atoms with E-state index in [0.717, 1.165) is 49.0 Å². The molecular weight excluding hydrogens is 555 g/mol. The van der Waals surface area contributed by atoms with Gasteiger partial charge in [0.05, 0.1) is 17.9 Å². The molecule has 6 rings (SSSR count). The van der Waals surface area contributed by atoms with Gasteiger partial charge < -0.3 is 29.7 Å². The second kappa shape index (κ2) is 14.3. The maximum Gasteiger partial charge on any atom is 3.00 e. The summed E-state index contributed by atoms with van der Waals surface area (Å²) in [5, 5.41) is 37.9. The van der Waals surface area contributed by atoms with Crippen LogP contribution in [0.4, 0.5) is 0 Å². The van der Waals surface area contributed by atoms with E-state index in [1.165, 1.54) is 0 Å². The fourth-order valence-corrected chi connectivity index (χ4v) is 4.72. The fraction of sp³-hybridized carbons (Fsp3) is 0.0833. The van der Waals surface area contributed by atoms with Gasteiger partial charge in [0.25, 0.3) is 0 Å². The summed E-state index contributed by atoms with van der Waals surface area (Å²) in [6.45, 7) is 6.00. The molecule has 0 spiro atoms. The minimum atomic E-state index is -1.13. The standard InChI is InChI=1S/3C12H10O2.Al/c3*1-8-3-2-4-9-7-10(12(13)14)5-6-11(8)9;/h3*2-7H,1H3,(H,13,14);/q;;;+3/p-3. The molecule has 0 fully saturated rings. The average Bonchev–Trinajstić information content (AvgIpc) is 2.97. The Bertz CT molecular complexity index is 1740. The molecule has 6 nitrogen and oxygen atoms in total. The number of carbonyl (C=O) groups is 3. The molecule has 0 aromatic heterocycles. The number of hydrogen-bond acceptors (Lipinski definition) is 6. The molecular formula is C36H27AlO6. The van der Waals surface area contributed by atoms with E-state index < -0.39 is 17.9 Å². The first-order valence-corrected chi connectivity index (χ1v) is 13.2. The summed E-state index contributed by atoms with van der Waals surface area (Å²) in [7, 11) is 0. The smallest absolute Gasteiger partial charge is 0.545 e. The van der Waals surface area contributed by atoms with E-state index in [4.69, 9.17) is 0 Å². The second-order valence-electron chi connectivity index (χ2n) is 9.89. The van der Waals surface area contributed by atoms with Crippen molar-refractivity contribution in [3.8, 4) is 0 Å². The number of carboxylic acid groups (broad SMARTS) is 3. The van der Waals surface area contributed by atoms with Gasteiger partial charge in [0.2, 0.25) is 0 Å². The molecule has 0 aliphatic carbocycles. The predicted octanol–water partition coefficient (Wildman–Crippen LogP) is 4.15. The molecule has 0 saturated heterocycles. The van der Waals surface area contributed by atoms with Crippen molar-refractivity contribution in [1.82, 2.24) is 0 Å². The van der Waals surface area contributed by atoms with E-state index in [9.17, 15) is 29.7 Å². The van der Waals surface area contributed by atoms with Crippen LogP contribution in [-0.4, -0.2) is 35.3 Å². The van der Waals surface area contributed by atoms with Crippen LogP contribution in [0.1, 0.15) is 47.8 Å². The van der Waals surface area contributed by atoms with E-state index in [-0.39, 0.29) is 34.1 Å². The van der Waals surface area contributed by atoms with Gasteiger partial charge in [-0.05, 0) is 105 Å². The zero-order valence-electron chi connectivity index (χ0n) is 23.9. The molecule has 0 aliphatic rings. The SMILES string of the molecule is Cc1cccc2cc(C(=O)[O-])ccc12.Cc1cccc2cc(C(=O)[O-])ccc12.Cc1cccc2cc(C(=O)[O-])ccc12.[Al+3]. The molecule has 0 amide bonds. The minimum absolute atomic E-state index is 0. The zero-order chi connectivity index (χ0) is 30.4. The van der Waals surface area contributed by atoms with Crippen molar-refractivity contribution < 1.29 is 29.7 Å². The number of rotatable bonds is 3. The van der Waals surface area contributed by atoms with Gasteiger partial charge in [-0.3, -0.25) is 0 Å². The predicted molar refractivity (Wildman–Crippen MR) is 165 cm³/mol. The number of hydrogen-bond donors (Lipinski definition) is 0. The number of fused-ring (bicyclic) bond motifs is 3. The molecule has 0 radical (unpaired) electrons. The summed E-state index contributed by atoms with van der Waals surface area (Å²) in [4.78, 5) is 31.9. The molecule has 0 saturated carbocycles. The largest absolute Gasteiger partial charge is 3.00 e. The Balaban J connectivity index is 0.000000175. The van der Waals surface area contributed by atoms with Crippen molar-refractivity contribution in [1.29, 1.82) is 0 Å². The van der Waals surface area contributed by atoms with Crippen LogP contribution in [0.15, 0.2) is 109 Å². The number of aryl methyl sites for hydroxylation is 3. The van der Waals surface area contributed by atoms with Crippen LogP contribution in [0.3, 0.4) is 0 Å². The van der Waals surface area contributed by atoms with Crippen molar-refractivity contribution in [3.63, 3.8) is 0 Å². The summed E-state index contributed by atoms with van der Waals surface area (Å²) >= 11 is 0. The van der Waals surface area contributed by atoms with Gasteiger partial charge in [0.15, 0.2) is 0 Å². The van der Waals surface area contributed by atoms with Crippen molar-refractivity contribution >= 4 is 67.6 Å². The molecule has 6 aromatic rings. The van der Waals surface area contributed by atoms with Gasteiger partial charge in [-0.25, -0.2) is 0 Å². The van der Waals surface area contributed by atoms with E-state index in [1.54, 1.807) is 36.4 Å². The second-order valence-corrected chi connectivity index (χ2v) is 9.89. The van der Waals surface area contributed by atoms with Gasteiger partial charge in [0, 0.05) is 0 Å². The van der Waals surface area contributed by atoms with Gasteiger partial charge in [0.1, 0.15) is 0 Å². The maximum atomic E-state index is 10.6. The van der Waals surface area contributed by atoms with E-state index >= 15 is 0 Å². The Morgan fingerprint density at radius 3 is 0.907 bits per heavy atom. The number of aromatic carboxylic acids is 3. The van der Waals surface area contributed by atoms with Crippen LogP contribution < -0.4 is 15.3 Å². The van der Waals surface area contributed by atoms with Gasteiger partial charge in [-0.15, -0.1) is 0 Å². The molecule has 0 heterocycles. The molecule has 0 bridgehead atoms. The molecule has 6 aromatic carbocycles. The van der Waals surface area contributed by atoms with E-state index in [0.29, 0.717) is 0 Å². The fourth-order valence-electron chi connectivity index (χ4n) is 4.72. The third-order valence-electron chi connectivity index (χ3n) is 7.00. The van der Waals surface area contributed by atoms with E-state index in [2.05, 4.69) is 0 Å². The van der Waals surface area contributed by atoms with Crippen molar-refractivity contribution in [2.75, 3.05) is 0 Å². The summed E-state index contributed by atoms with van der Waals surface area (Å²) in [5.41, 5.74) is 4.11. The Morgan fingerprint density at radius 1 is 0.419 bits per heavy atom. The van der Waals surface area contributed by atoms with Crippen LogP contribution >= 0.6 is 0 Å². The molecule has 0 aliphatic heterocycles. The summed E-state index contributed by atoms with van der Waals surface area (Å²) in [5.74, 6) is -3.39. The van der Waals surface area contributed by atoms with Gasteiger partial charge >= 0.3 is 17.4 Å². The summed E-state index contributed by atoms with van der Waals surface area (Å²) < 4.78 is 0. The van der Waals surface area contributed by atoms with Crippen LogP contribution in [0, 0.1) is 20.8 Å². The number of carboxylic acids is 3. The van der Waals surface area contributed by atoms with Crippen LogP contribution in [0.5, 0.6) is 0 Å². The average molecular weight is 583 g/mol. The molecule has 0 atom stereocenters. The Morgan fingerprint density at radius 2 is 0.674 bits per heavy atom. The van der Waals surface area contributed by atoms with Crippen LogP contribution in [0.25, 0.3) is 32.3 Å². The molecule has 210 valence electrons. The van der Waals surface area contributed by atoms with Crippen molar-refractivity contribution in [2.45, 2.75) is 20.8 Å². The normalized spacial score (nSPS) is 10.1. The topological polar surface area (TPSA) is 120 Å².